The summed E-state index contributed by atoms with van der Waals surface area (Å²) in [7, 11) is 5.39. The summed E-state index contributed by atoms with van der Waals surface area (Å²) in [6.07, 6.45) is -0.248. The predicted octanol–water partition coefficient (Wildman–Crippen LogP) is -0.600. The fraction of sp³-hybridized carbons (Fsp3) is 0.714. The molecule has 1 heterocycles. The number of hydrogen-bond acceptors (Lipinski definition) is 4. The molecule has 1 aliphatic rings. The van der Waals surface area contributed by atoms with Crippen molar-refractivity contribution in [3.8, 4) is 0 Å². The molecular weight excluding hydrogens is 159 g/mol. The van der Waals surface area contributed by atoms with Gasteiger partial charge in [-0.3, -0.25) is 4.79 Å². The van der Waals surface area contributed by atoms with E-state index in [0.29, 0.717) is 12.7 Å². The second-order valence-electron chi connectivity index (χ2n) is 2.66. The first-order valence-corrected chi connectivity index (χ1v) is 3.67. The summed E-state index contributed by atoms with van der Waals surface area (Å²) in [5.41, 5.74) is 0. The third-order valence-corrected chi connectivity index (χ3v) is 1.61. The van der Waals surface area contributed by atoms with Crippen LogP contribution in [0, 0.1) is 0 Å². The maximum Gasteiger partial charge on any atom is 0.303 e. The minimum absolute atomic E-state index is 0.378. The zero-order valence-corrected chi connectivity index (χ0v) is 6.73. The highest BCUT2D eigenvalue weighted by Crippen LogP contribution is 2.19. The Morgan fingerprint density at radius 1 is 1.75 bits per heavy atom. The second kappa shape index (κ2) is 3.71. The van der Waals surface area contributed by atoms with Crippen molar-refractivity contribution in [1.82, 2.24) is 0 Å². The number of carbonyl (C=O) groups is 2. The molecular formula is C7H9BO4. The van der Waals surface area contributed by atoms with Crippen LogP contribution in [-0.4, -0.2) is 38.3 Å². The molecule has 4 nitrogen and oxygen atoms in total. The van der Waals surface area contributed by atoms with Gasteiger partial charge in [-0.2, -0.15) is 0 Å². The Balaban J connectivity index is 2.51. The molecule has 1 unspecified atom stereocenters. The van der Waals surface area contributed by atoms with Crippen LogP contribution in [0.4, 0.5) is 0 Å². The van der Waals surface area contributed by atoms with E-state index in [0.717, 1.165) is 0 Å². The number of rotatable bonds is 2. The number of hydrogen-bond donors (Lipinski definition) is 0. The lowest BCUT2D eigenvalue weighted by Crippen LogP contribution is -2.27. The fourth-order valence-electron chi connectivity index (χ4n) is 1.16. The summed E-state index contributed by atoms with van der Waals surface area (Å²) in [6, 6.07) is -0.510. The summed E-state index contributed by atoms with van der Waals surface area (Å²) < 4.78 is 9.77. The average molecular weight is 168 g/mol. The normalized spacial score (nSPS) is 34.6. The van der Waals surface area contributed by atoms with Gasteiger partial charge in [0.1, 0.15) is 20.1 Å². The summed E-state index contributed by atoms with van der Waals surface area (Å²) >= 11 is 0. The molecule has 1 rings (SSSR count). The van der Waals surface area contributed by atoms with Gasteiger partial charge in [-0.1, -0.05) is 0 Å². The molecule has 0 saturated carbocycles. The van der Waals surface area contributed by atoms with Crippen molar-refractivity contribution in [3.05, 3.63) is 0 Å². The van der Waals surface area contributed by atoms with Crippen LogP contribution in [0.5, 0.6) is 0 Å². The molecule has 0 aromatic rings. The van der Waals surface area contributed by atoms with E-state index in [-0.39, 0.29) is 0 Å². The minimum Gasteiger partial charge on any atom is -0.459 e. The van der Waals surface area contributed by atoms with Crippen LogP contribution in [0.15, 0.2) is 0 Å². The molecule has 0 spiro atoms. The van der Waals surface area contributed by atoms with Crippen LogP contribution in [0.3, 0.4) is 0 Å². The van der Waals surface area contributed by atoms with Gasteiger partial charge in [0.05, 0.1) is 0 Å². The molecule has 1 fully saturated rings. The van der Waals surface area contributed by atoms with Crippen LogP contribution in [0.2, 0.25) is 0 Å². The first-order valence-electron chi connectivity index (χ1n) is 3.67. The number of ether oxygens (including phenoxy) is 2. The summed E-state index contributed by atoms with van der Waals surface area (Å²) in [5.74, 6) is -0.426. The van der Waals surface area contributed by atoms with Gasteiger partial charge in [0.25, 0.3) is 0 Å². The molecule has 0 aromatic heterocycles. The molecule has 12 heavy (non-hydrogen) atoms. The predicted molar refractivity (Wildman–Crippen MR) is 40.7 cm³/mol. The molecule has 0 aromatic carbocycles. The van der Waals surface area contributed by atoms with Crippen molar-refractivity contribution in [2.45, 2.75) is 31.6 Å². The van der Waals surface area contributed by atoms with Crippen molar-refractivity contribution in [3.63, 3.8) is 0 Å². The van der Waals surface area contributed by atoms with Gasteiger partial charge in [-0.25, -0.2) is 0 Å². The summed E-state index contributed by atoms with van der Waals surface area (Å²) in [5, 5.41) is 0. The molecule has 64 valence electrons. The molecule has 0 amide bonds. The molecule has 1 aliphatic heterocycles. The Bertz CT molecular complexity index is 194. The van der Waals surface area contributed by atoms with Crippen LogP contribution < -0.4 is 0 Å². The van der Waals surface area contributed by atoms with Crippen LogP contribution in [0.1, 0.15) is 13.3 Å². The zero-order chi connectivity index (χ0) is 9.14. The number of carbonyl (C=O) groups excluding carboxylic acids is 2. The van der Waals surface area contributed by atoms with E-state index in [2.05, 4.69) is 0 Å². The van der Waals surface area contributed by atoms with Crippen molar-refractivity contribution < 1.29 is 19.1 Å². The van der Waals surface area contributed by atoms with E-state index in [1.807, 2.05) is 0 Å². The van der Waals surface area contributed by atoms with Crippen LogP contribution in [0.25, 0.3) is 0 Å². The van der Waals surface area contributed by atoms with Gasteiger partial charge in [0, 0.05) is 19.3 Å². The molecule has 2 radical (unpaired) electrons. The fourth-order valence-corrected chi connectivity index (χ4v) is 1.16. The minimum atomic E-state index is -0.705. The van der Waals surface area contributed by atoms with Gasteiger partial charge in [0.15, 0.2) is 6.29 Å². The van der Waals surface area contributed by atoms with Crippen LogP contribution >= 0.6 is 0 Å². The first-order chi connectivity index (χ1) is 5.63. The summed E-state index contributed by atoms with van der Waals surface area (Å²) in [4.78, 5) is 20.9. The largest absolute Gasteiger partial charge is 0.459 e. The second-order valence-corrected chi connectivity index (χ2v) is 2.66. The van der Waals surface area contributed by atoms with E-state index in [9.17, 15) is 9.59 Å². The lowest BCUT2D eigenvalue weighted by Gasteiger charge is -2.12. The SMILES string of the molecule is [B][C@H]1CC(OC(C)=O)[C@@H](C=O)O1. The van der Waals surface area contributed by atoms with Crippen molar-refractivity contribution >= 4 is 20.1 Å². The monoisotopic (exact) mass is 168 g/mol. The third-order valence-electron chi connectivity index (χ3n) is 1.61. The van der Waals surface area contributed by atoms with Crippen molar-refractivity contribution in [2.75, 3.05) is 0 Å². The smallest absolute Gasteiger partial charge is 0.303 e. The van der Waals surface area contributed by atoms with E-state index in [1.165, 1.54) is 6.92 Å². The quantitative estimate of drug-likeness (QED) is 0.314. The Morgan fingerprint density at radius 3 is 2.92 bits per heavy atom. The average Bonchev–Trinajstić information content (AvgIpc) is 2.29. The molecule has 0 aliphatic carbocycles. The third kappa shape index (κ3) is 2.07. The van der Waals surface area contributed by atoms with E-state index in [1.54, 1.807) is 0 Å². The highest BCUT2D eigenvalue weighted by molar-refractivity contribution is 6.11. The van der Waals surface area contributed by atoms with Gasteiger partial charge in [0.2, 0.25) is 0 Å². The zero-order valence-electron chi connectivity index (χ0n) is 6.73. The maximum absolute atomic E-state index is 10.5. The Morgan fingerprint density at radius 2 is 2.42 bits per heavy atom. The molecule has 1 saturated heterocycles. The lowest BCUT2D eigenvalue weighted by atomic mass is 9.96. The van der Waals surface area contributed by atoms with Gasteiger partial charge in [-0.15, -0.1) is 0 Å². The molecule has 3 atom stereocenters. The molecule has 5 heteroatoms. The Labute approximate surface area is 71.6 Å². The Kier molecular flexibility index (Phi) is 2.86. The number of aldehydes is 1. The number of esters is 1. The Hall–Kier alpha value is -0.835. The van der Waals surface area contributed by atoms with Gasteiger partial charge in [-0.05, 0) is 0 Å². The van der Waals surface area contributed by atoms with Crippen LogP contribution in [-0.2, 0) is 19.1 Å². The molecule has 0 bridgehead atoms. The lowest BCUT2D eigenvalue weighted by molar-refractivity contribution is -0.149. The van der Waals surface area contributed by atoms with E-state index >= 15 is 0 Å². The van der Waals surface area contributed by atoms with Gasteiger partial charge >= 0.3 is 5.97 Å². The molecule has 0 N–H and O–H groups in total. The standard InChI is InChI=1S/C7H9BO4/c1-4(10)11-5-2-7(8)12-6(5)3-9/h3,5-7H,2H2,1H3/t5?,6-,7-/m1/s1. The van der Waals surface area contributed by atoms with E-state index < -0.39 is 24.2 Å². The highest BCUT2D eigenvalue weighted by atomic mass is 16.6. The van der Waals surface area contributed by atoms with E-state index in [4.69, 9.17) is 17.3 Å². The highest BCUT2D eigenvalue weighted by Gasteiger charge is 2.34. The van der Waals surface area contributed by atoms with Gasteiger partial charge < -0.3 is 14.3 Å². The first kappa shape index (κ1) is 9.25. The maximum atomic E-state index is 10.5. The van der Waals surface area contributed by atoms with Crippen molar-refractivity contribution in [2.24, 2.45) is 0 Å². The van der Waals surface area contributed by atoms with Crippen molar-refractivity contribution in [1.29, 1.82) is 0 Å². The summed E-state index contributed by atoms with van der Waals surface area (Å²) in [6.45, 7) is 1.28. The topological polar surface area (TPSA) is 52.6 Å².